The summed E-state index contributed by atoms with van der Waals surface area (Å²) in [7, 11) is 0. The van der Waals surface area contributed by atoms with E-state index in [9.17, 15) is 0 Å². The average Bonchev–Trinajstić information content (AvgIpc) is 2.33. The van der Waals surface area contributed by atoms with Gasteiger partial charge in [0.05, 0.1) is 0 Å². The Morgan fingerprint density at radius 3 is 1.89 bits per heavy atom. The molecule has 1 aromatic carbocycles. The second-order valence-corrected chi connectivity index (χ2v) is 6.67. The first-order valence-electron chi connectivity index (χ1n) is 7.38. The molecule has 0 radical (unpaired) electrons. The topological polar surface area (TPSA) is 24.1 Å². The first-order valence-corrected chi connectivity index (χ1v) is 7.38. The maximum absolute atomic E-state index is 3.56. The van der Waals surface area contributed by atoms with Crippen LogP contribution in [-0.2, 0) is 0 Å². The molecule has 0 aromatic heterocycles. The van der Waals surface area contributed by atoms with Crippen molar-refractivity contribution >= 4 is 0 Å². The van der Waals surface area contributed by atoms with E-state index in [0.717, 1.165) is 13.1 Å². The van der Waals surface area contributed by atoms with Crippen LogP contribution in [0.25, 0.3) is 0 Å². The molecule has 1 unspecified atom stereocenters. The van der Waals surface area contributed by atoms with Crippen molar-refractivity contribution in [3.8, 4) is 0 Å². The molecule has 2 heteroatoms. The van der Waals surface area contributed by atoms with Crippen molar-refractivity contribution in [2.45, 2.75) is 59.0 Å². The lowest BCUT2D eigenvalue weighted by molar-refractivity contribution is 0.414. The van der Waals surface area contributed by atoms with Crippen molar-refractivity contribution in [2.24, 2.45) is 0 Å². The zero-order valence-electron chi connectivity index (χ0n) is 13.4. The molecule has 1 rings (SSSR count). The van der Waals surface area contributed by atoms with E-state index in [1.165, 1.54) is 11.1 Å². The zero-order chi connectivity index (χ0) is 14.5. The number of benzene rings is 1. The molecule has 0 aliphatic rings. The van der Waals surface area contributed by atoms with E-state index >= 15 is 0 Å². The largest absolute Gasteiger partial charge is 0.311 e. The van der Waals surface area contributed by atoms with Crippen molar-refractivity contribution in [1.82, 2.24) is 10.6 Å². The lowest BCUT2D eigenvalue weighted by Gasteiger charge is -2.22. The third kappa shape index (κ3) is 6.22. The average molecular weight is 262 g/mol. The van der Waals surface area contributed by atoms with Crippen LogP contribution in [0.5, 0.6) is 0 Å². The van der Waals surface area contributed by atoms with Crippen LogP contribution < -0.4 is 10.6 Å². The minimum absolute atomic E-state index is 0.198. The molecule has 0 fully saturated rings. The molecule has 0 aliphatic carbocycles. The van der Waals surface area contributed by atoms with Crippen LogP contribution in [0.15, 0.2) is 24.3 Å². The van der Waals surface area contributed by atoms with E-state index in [4.69, 9.17) is 0 Å². The van der Waals surface area contributed by atoms with Gasteiger partial charge in [0.15, 0.2) is 0 Å². The van der Waals surface area contributed by atoms with Gasteiger partial charge < -0.3 is 10.6 Å². The van der Waals surface area contributed by atoms with Gasteiger partial charge in [-0.2, -0.15) is 0 Å². The minimum Gasteiger partial charge on any atom is -0.311 e. The molecule has 1 aromatic rings. The highest BCUT2D eigenvalue weighted by Crippen LogP contribution is 2.18. The maximum Gasteiger partial charge on any atom is 0.0292 e. The van der Waals surface area contributed by atoms with Gasteiger partial charge >= 0.3 is 0 Å². The second kappa shape index (κ2) is 7.06. The normalized spacial score (nSPS) is 13.8. The summed E-state index contributed by atoms with van der Waals surface area (Å²) >= 11 is 0. The predicted octanol–water partition coefficient (Wildman–Crippen LogP) is 3.85. The van der Waals surface area contributed by atoms with E-state index in [-0.39, 0.29) is 5.54 Å². The molecule has 0 bridgehead atoms. The highest BCUT2D eigenvalue weighted by molar-refractivity contribution is 5.26. The lowest BCUT2D eigenvalue weighted by atomic mass is 9.99. The Labute approximate surface area is 119 Å². The fourth-order valence-corrected chi connectivity index (χ4v) is 2.01. The van der Waals surface area contributed by atoms with Crippen molar-refractivity contribution < 1.29 is 0 Å². The van der Waals surface area contributed by atoms with Gasteiger partial charge in [-0.1, -0.05) is 38.1 Å². The summed E-state index contributed by atoms with van der Waals surface area (Å²) in [4.78, 5) is 0. The molecule has 2 N–H and O–H groups in total. The van der Waals surface area contributed by atoms with Crippen molar-refractivity contribution in [3.63, 3.8) is 0 Å². The van der Waals surface area contributed by atoms with Crippen LogP contribution in [0.2, 0.25) is 0 Å². The van der Waals surface area contributed by atoms with Gasteiger partial charge in [-0.05, 0) is 44.7 Å². The van der Waals surface area contributed by atoms with E-state index in [0.29, 0.717) is 12.0 Å². The Morgan fingerprint density at radius 1 is 0.895 bits per heavy atom. The van der Waals surface area contributed by atoms with Crippen LogP contribution >= 0.6 is 0 Å². The molecule has 108 valence electrons. The molecule has 19 heavy (non-hydrogen) atoms. The SMILES string of the molecule is CC(C)c1ccc(C(C)NCCNC(C)(C)C)cc1. The van der Waals surface area contributed by atoms with Gasteiger partial charge in [0, 0.05) is 24.7 Å². The lowest BCUT2D eigenvalue weighted by Crippen LogP contribution is -2.40. The Morgan fingerprint density at radius 2 is 1.42 bits per heavy atom. The molecular weight excluding hydrogens is 232 g/mol. The molecule has 1 atom stereocenters. The summed E-state index contributed by atoms with van der Waals surface area (Å²) in [6.45, 7) is 15.3. The zero-order valence-corrected chi connectivity index (χ0v) is 13.4. The minimum atomic E-state index is 0.198. The van der Waals surface area contributed by atoms with Crippen LogP contribution in [-0.4, -0.2) is 18.6 Å². The molecular formula is C17H30N2. The Kier molecular flexibility index (Phi) is 6.02. The highest BCUT2D eigenvalue weighted by atomic mass is 15.0. The summed E-state index contributed by atoms with van der Waals surface area (Å²) in [5.74, 6) is 0.605. The summed E-state index contributed by atoms with van der Waals surface area (Å²) < 4.78 is 0. The first kappa shape index (κ1) is 16.2. The third-order valence-corrected chi connectivity index (χ3v) is 3.33. The van der Waals surface area contributed by atoms with E-state index in [1.807, 2.05) is 0 Å². The van der Waals surface area contributed by atoms with E-state index in [2.05, 4.69) is 76.4 Å². The highest BCUT2D eigenvalue weighted by Gasteiger charge is 2.09. The molecule has 2 nitrogen and oxygen atoms in total. The monoisotopic (exact) mass is 262 g/mol. The van der Waals surface area contributed by atoms with Crippen molar-refractivity contribution in [2.75, 3.05) is 13.1 Å². The van der Waals surface area contributed by atoms with Gasteiger partial charge in [-0.25, -0.2) is 0 Å². The van der Waals surface area contributed by atoms with Gasteiger partial charge in [0.2, 0.25) is 0 Å². The molecule has 0 amide bonds. The second-order valence-electron chi connectivity index (χ2n) is 6.67. The predicted molar refractivity (Wildman–Crippen MR) is 84.7 cm³/mol. The summed E-state index contributed by atoms with van der Waals surface area (Å²) in [5.41, 5.74) is 2.97. The number of rotatable bonds is 6. The van der Waals surface area contributed by atoms with Crippen LogP contribution in [0.3, 0.4) is 0 Å². The molecule has 0 spiro atoms. The summed E-state index contributed by atoms with van der Waals surface area (Å²) in [6.07, 6.45) is 0. The van der Waals surface area contributed by atoms with Crippen LogP contribution in [0.1, 0.15) is 64.6 Å². The van der Waals surface area contributed by atoms with Crippen molar-refractivity contribution in [1.29, 1.82) is 0 Å². The number of nitrogens with one attached hydrogen (secondary N) is 2. The fraction of sp³-hybridized carbons (Fsp3) is 0.647. The summed E-state index contributed by atoms with van der Waals surface area (Å²) in [6, 6.07) is 9.37. The molecule has 0 aliphatic heterocycles. The smallest absolute Gasteiger partial charge is 0.0292 e. The Hall–Kier alpha value is -0.860. The fourth-order valence-electron chi connectivity index (χ4n) is 2.01. The molecule has 0 saturated carbocycles. The van der Waals surface area contributed by atoms with Gasteiger partial charge in [-0.15, -0.1) is 0 Å². The van der Waals surface area contributed by atoms with Crippen LogP contribution in [0, 0.1) is 0 Å². The molecule has 0 saturated heterocycles. The standard InChI is InChI=1S/C17H30N2/c1-13(2)15-7-9-16(10-8-15)14(3)18-11-12-19-17(4,5)6/h7-10,13-14,18-19H,11-12H2,1-6H3. The van der Waals surface area contributed by atoms with Crippen molar-refractivity contribution in [3.05, 3.63) is 35.4 Å². The van der Waals surface area contributed by atoms with Gasteiger partial charge in [-0.3, -0.25) is 0 Å². The number of hydrogen-bond donors (Lipinski definition) is 2. The van der Waals surface area contributed by atoms with E-state index < -0.39 is 0 Å². The first-order chi connectivity index (χ1) is 8.79. The van der Waals surface area contributed by atoms with E-state index in [1.54, 1.807) is 0 Å². The molecule has 0 heterocycles. The quantitative estimate of drug-likeness (QED) is 0.761. The third-order valence-electron chi connectivity index (χ3n) is 3.33. The number of hydrogen-bond acceptors (Lipinski definition) is 2. The Bertz CT molecular complexity index is 360. The van der Waals surface area contributed by atoms with Gasteiger partial charge in [0.25, 0.3) is 0 Å². The van der Waals surface area contributed by atoms with Crippen LogP contribution in [0.4, 0.5) is 0 Å². The van der Waals surface area contributed by atoms with Gasteiger partial charge in [0.1, 0.15) is 0 Å². The summed E-state index contributed by atoms with van der Waals surface area (Å²) in [5, 5.41) is 7.05. The Balaban J connectivity index is 2.39. The maximum atomic E-state index is 3.56.